The number of nitrogens with two attached hydrogens (primary N) is 3. The Labute approximate surface area is 423 Å². The average molecular weight is 1050 g/mol. The summed E-state index contributed by atoms with van der Waals surface area (Å²) in [6, 6.07) is -7.43. The van der Waals surface area contributed by atoms with Crippen molar-refractivity contribution in [2.45, 2.75) is 121 Å². The second-order valence-electron chi connectivity index (χ2n) is 17.3. The molecule has 0 spiro atoms. The molecule has 0 aliphatic heterocycles. The number of phenols is 1. The summed E-state index contributed by atoms with van der Waals surface area (Å²) in [5.74, 6) is -13.0. The van der Waals surface area contributed by atoms with Gasteiger partial charge in [0.05, 0.1) is 38.5 Å². The quantitative estimate of drug-likeness (QED) is 0.0324. The third-order valence-corrected chi connectivity index (χ3v) is 10.6. The first-order valence-electron chi connectivity index (χ1n) is 23.0. The highest BCUT2D eigenvalue weighted by atomic mass is 16.4. The number of H-pyrrole nitrogens is 1. The van der Waals surface area contributed by atoms with Crippen molar-refractivity contribution >= 4 is 70.9 Å². The van der Waals surface area contributed by atoms with Crippen LogP contribution in [0.2, 0.25) is 0 Å². The molecule has 30 nitrogen and oxygen atoms in total. The number of benzene rings is 1. The van der Waals surface area contributed by atoms with Crippen LogP contribution in [-0.4, -0.2) is 175 Å². The zero-order valence-electron chi connectivity index (χ0n) is 41.0. The lowest BCUT2D eigenvalue weighted by molar-refractivity contribution is -0.142. The third-order valence-electron chi connectivity index (χ3n) is 10.6. The predicted octanol–water partition coefficient (Wildman–Crippen LogP) is -7.48. The van der Waals surface area contributed by atoms with E-state index in [0.29, 0.717) is 11.3 Å². The Balaban J connectivity index is 2.31. The van der Waals surface area contributed by atoms with Crippen molar-refractivity contribution in [1.82, 2.24) is 57.8 Å². The molecule has 0 aliphatic carbocycles. The predicted molar refractivity (Wildman–Crippen MR) is 255 cm³/mol. The number of primary amides is 2. The van der Waals surface area contributed by atoms with Crippen LogP contribution in [-0.2, 0) is 70.4 Å². The van der Waals surface area contributed by atoms with E-state index in [0.717, 1.165) is 6.92 Å². The van der Waals surface area contributed by atoms with Crippen LogP contribution in [0.25, 0.3) is 0 Å². The molecule has 408 valence electrons. The van der Waals surface area contributed by atoms with Crippen LogP contribution in [0.15, 0.2) is 36.8 Å². The average Bonchev–Trinajstić information content (AvgIpc) is 3.85. The van der Waals surface area contributed by atoms with Crippen molar-refractivity contribution in [2.75, 3.05) is 19.7 Å². The maximum absolute atomic E-state index is 13.9. The third kappa shape index (κ3) is 22.0. The molecule has 30 heteroatoms. The number of aromatic amines is 1. The number of imidazole rings is 1. The molecule has 1 aromatic carbocycles. The van der Waals surface area contributed by atoms with Gasteiger partial charge in [0.15, 0.2) is 0 Å². The second kappa shape index (κ2) is 30.6. The highest BCUT2D eigenvalue weighted by Gasteiger charge is 2.35. The summed E-state index contributed by atoms with van der Waals surface area (Å²) in [4.78, 5) is 161. The van der Waals surface area contributed by atoms with E-state index in [9.17, 15) is 78.0 Å². The van der Waals surface area contributed by atoms with Gasteiger partial charge in [-0.05, 0) is 50.3 Å². The van der Waals surface area contributed by atoms with Crippen molar-refractivity contribution < 1.29 is 78.0 Å². The van der Waals surface area contributed by atoms with E-state index in [1.807, 2.05) is 0 Å². The zero-order chi connectivity index (χ0) is 55.8. The summed E-state index contributed by atoms with van der Waals surface area (Å²) >= 11 is 0. The van der Waals surface area contributed by atoms with Crippen molar-refractivity contribution in [3.8, 4) is 5.75 Å². The number of amides is 11. The summed E-state index contributed by atoms with van der Waals surface area (Å²) < 4.78 is 0. The number of phenolic OH excluding ortho intramolecular Hbond substituents is 1. The largest absolute Gasteiger partial charge is 0.508 e. The van der Waals surface area contributed by atoms with E-state index in [2.05, 4.69) is 57.8 Å². The number of aromatic nitrogens is 2. The number of aromatic hydroxyl groups is 1. The molecular formula is C44H66N14O16. The van der Waals surface area contributed by atoms with E-state index in [1.165, 1.54) is 43.7 Å². The Bertz CT molecular complexity index is 2300. The smallest absolute Gasteiger partial charge is 0.325 e. The maximum Gasteiger partial charge on any atom is 0.325 e. The zero-order valence-corrected chi connectivity index (χ0v) is 41.0. The summed E-state index contributed by atoms with van der Waals surface area (Å²) in [6.07, 6.45) is -1.37. The Morgan fingerprint density at radius 2 is 1.18 bits per heavy atom. The van der Waals surface area contributed by atoms with Crippen LogP contribution in [0, 0.1) is 5.92 Å². The standard InChI is InChI=1S/C44H66N14O16/c1-20(2)11-27(52-34(64)15-45)40(69)56-30(14-33(47)63)41(70)53-26(9-10-32(46)62)38(67)54-28(12-23-5-7-25(61)8-6-23)37(66)49-17-35(65)58-36(22(4)60)43(72)57-31(18-59)42(71)55-29(13-24-16-48-19-50-24)39(68)51-21(3)44(73)74/h5-8,16,19-22,26-31,36,59-61H,9-15,17-18,45H2,1-4H3,(H2,46,62)(H2,47,63)(H,48,50)(H,49,66)(H,51,68)(H,52,64)(H,53,70)(H,54,67)(H,55,71)(H,56,69)(H,57,72)(H,58,65)(H,73,74)/t21-,22+,26-,27-,28-,29-,30-,31-,36-/m0/s1. The number of carboxylic acid groups (broad SMARTS) is 1. The number of carbonyl (C=O) groups excluding carboxylic acids is 11. The lowest BCUT2D eigenvalue weighted by Gasteiger charge is -2.27. The minimum Gasteiger partial charge on any atom is -0.508 e. The molecule has 2 rings (SSSR count). The van der Waals surface area contributed by atoms with E-state index in [4.69, 9.17) is 17.2 Å². The number of nitrogens with one attached hydrogen (secondary N) is 10. The summed E-state index contributed by atoms with van der Waals surface area (Å²) in [5, 5.41) is 60.2. The molecule has 0 bridgehead atoms. The van der Waals surface area contributed by atoms with Crippen LogP contribution in [0.5, 0.6) is 5.75 Å². The normalized spacial score (nSPS) is 14.6. The van der Waals surface area contributed by atoms with E-state index in [-0.39, 0.29) is 30.9 Å². The molecule has 0 fully saturated rings. The Morgan fingerprint density at radius 3 is 1.70 bits per heavy atom. The van der Waals surface area contributed by atoms with Crippen LogP contribution >= 0.6 is 0 Å². The van der Waals surface area contributed by atoms with Crippen molar-refractivity contribution in [3.63, 3.8) is 0 Å². The number of aliphatic carboxylic acids is 1. The van der Waals surface area contributed by atoms with Crippen LogP contribution in [0.1, 0.15) is 64.6 Å². The molecule has 1 heterocycles. The molecule has 0 saturated carbocycles. The van der Waals surface area contributed by atoms with Gasteiger partial charge in [-0.2, -0.15) is 0 Å². The first-order valence-corrected chi connectivity index (χ1v) is 23.0. The van der Waals surface area contributed by atoms with Crippen molar-refractivity contribution in [2.24, 2.45) is 23.1 Å². The highest BCUT2D eigenvalue weighted by Crippen LogP contribution is 2.13. The molecule has 0 radical (unpaired) electrons. The van der Waals surface area contributed by atoms with Gasteiger partial charge in [-0.15, -0.1) is 0 Å². The van der Waals surface area contributed by atoms with Gasteiger partial charge in [0.1, 0.15) is 54.1 Å². The fourth-order valence-electron chi connectivity index (χ4n) is 6.67. The van der Waals surface area contributed by atoms with Gasteiger partial charge < -0.3 is 90.5 Å². The summed E-state index contributed by atoms with van der Waals surface area (Å²) in [6.45, 7) is 3.27. The maximum atomic E-state index is 13.9. The number of carboxylic acids is 1. The van der Waals surface area contributed by atoms with Gasteiger partial charge >= 0.3 is 5.97 Å². The van der Waals surface area contributed by atoms with Crippen LogP contribution < -0.4 is 65.1 Å². The summed E-state index contributed by atoms with van der Waals surface area (Å²) in [7, 11) is 0. The first-order chi connectivity index (χ1) is 34.7. The Kier molecular flexibility index (Phi) is 25.6. The van der Waals surface area contributed by atoms with Gasteiger partial charge in [0, 0.05) is 31.2 Å². The Morgan fingerprint density at radius 1 is 0.635 bits per heavy atom. The number of hydrogen-bond acceptors (Lipinski definition) is 17. The monoisotopic (exact) mass is 1050 g/mol. The van der Waals surface area contributed by atoms with Gasteiger partial charge in [-0.25, -0.2) is 4.98 Å². The number of nitrogens with zero attached hydrogens (tertiary/aromatic N) is 1. The van der Waals surface area contributed by atoms with Crippen LogP contribution in [0.3, 0.4) is 0 Å². The lowest BCUT2D eigenvalue weighted by atomic mass is 10.0. The molecule has 74 heavy (non-hydrogen) atoms. The van der Waals surface area contributed by atoms with E-state index in [1.54, 1.807) is 13.8 Å². The van der Waals surface area contributed by atoms with Gasteiger partial charge in [-0.3, -0.25) is 57.5 Å². The molecule has 0 saturated heterocycles. The number of aliphatic hydroxyl groups is 2. The van der Waals surface area contributed by atoms with E-state index >= 15 is 0 Å². The molecule has 2 aromatic rings. The number of rotatable bonds is 32. The topological polar surface area (TPSA) is 501 Å². The molecule has 0 unspecified atom stereocenters. The van der Waals surface area contributed by atoms with Gasteiger partial charge in [0.25, 0.3) is 0 Å². The van der Waals surface area contributed by atoms with Gasteiger partial charge in [0.2, 0.25) is 65.0 Å². The minimum atomic E-state index is -1.85. The number of aliphatic hydroxyl groups excluding tert-OH is 2. The number of carbonyl (C=O) groups is 12. The van der Waals surface area contributed by atoms with Crippen LogP contribution in [0.4, 0.5) is 0 Å². The Hall–Kier alpha value is -8.25. The minimum absolute atomic E-state index is 0.0820. The number of hydrogen-bond donors (Lipinski definition) is 17. The first kappa shape index (κ1) is 61.9. The molecule has 0 aliphatic rings. The molecule has 11 amide bonds. The molecular weight excluding hydrogens is 981 g/mol. The molecule has 1 aromatic heterocycles. The fourth-order valence-corrected chi connectivity index (χ4v) is 6.67. The highest BCUT2D eigenvalue weighted by molar-refractivity contribution is 5.99. The summed E-state index contributed by atoms with van der Waals surface area (Å²) in [5.41, 5.74) is 16.8. The van der Waals surface area contributed by atoms with E-state index < -0.39 is 164 Å². The fraction of sp³-hybridized carbons (Fsp3) is 0.523. The lowest BCUT2D eigenvalue weighted by Crippen LogP contribution is -2.61. The second-order valence-corrected chi connectivity index (χ2v) is 17.3. The molecule has 20 N–H and O–H groups in total. The van der Waals surface area contributed by atoms with Crippen molar-refractivity contribution in [3.05, 3.63) is 48.0 Å². The van der Waals surface area contributed by atoms with Gasteiger partial charge in [-0.1, -0.05) is 26.0 Å². The van der Waals surface area contributed by atoms with Crippen molar-refractivity contribution in [1.29, 1.82) is 0 Å². The molecule has 9 atom stereocenters. The SMILES string of the molecule is CC(C)C[C@H](NC(=O)CN)C(=O)N[C@@H](CC(N)=O)C(=O)N[C@@H](CCC(N)=O)C(=O)N[C@@H](Cc1ccc(O)cc1)C(=O)NCC(=O)N[C@H](C(=O)N[C@@H](CO)C(=O)N[C@@H](Cc1cnc[nH]1)C(=O)N[C@@H](C)C(=O)O)[C@@H](C)O.